The third-order valence-corrected chi connectivity index (χ3v) is 6.59. The van der Waals surface area contributed by atoms with E-state index in [1.54, 1.807) is 0 Å². The topological polar surface area (TPSA) is 50.4 Å². The van der Waals surface area contributed by atoms with Crippen LogP contribution >= 0.6 is 0 Å². The minimum atomic E-state index is -0.157. The Kier molecular flexibility index (Phi) is 5.09. The van der Waals surface area contributed by atoms with Crippen molar-refractivity contribution in [1.29, 1.82) is 0 Å². The van der Waals surface area contributed by atoms with Gasteiger partial charge in [0.15, 0.2) is 0 Å². The van der Waals surface area contributed by atoms with E-state index in [-0.39, 0.29) is 17.4 Å². The molecule has 25 heavy (non-hydrogen) atoms. The third kappa shape index (κ3) is 3.34. The number of hydrogen-bond acceptors (Lipinski definition) is 3. The summed E-state index contributed by atoms with van der Waals surface area (Å²) in [5.41, 5.74) is 1.08. The van der Waals surface area contributed by atoms with Gasteiger partial charge in [0.2, 0.25) is 5.91 Å². The molecule has 1 aliphatic carbocycles. The van der Waals surface area contributed by atoms with Crippen LogP contribution in [0.5, 0.6) is 0 Å². The predicted molar refractivity (Wildman–Crippen MR) is 98.1 cm³/mol. The molecule has 136 valence electrons. The Morgan fingerprint density at radius 1 is 1.20 bits per heavy atom. The first-order valence-corrected chi connectivity index (χ1v) is 9.95. The van der Waals surface area contributed by atoms with Gasteiger partial charge in [0.1, 0.15) is 0 Å². The fourth-order valence-corrected chi connectivity index (χ4v) is 5.15. The van der Waals surface area contributed by atoms with E-state index in [0.717, 1.165) is 45.5 Å². The summed E-state index contributed by atoms with van der Waals surface area (Å²) in [7, 11) is 0. The van der Waals surface area contributed by atoms with Crippen molar-refractivity contribution in [3.63, 3.8) is 0 Å². The Balaban J connectivity index is 1.42. The van der Waals surface area contributed by atoms with Crippen LogP contribution in [0, 0.1) is 17.3 Å². The SMILES string of the molecule is O=C(NCC1CCCOC1c1ccccc1)[C@@]12CCCC[C@H]1CNC2. The van der Waals surface area contributed by atoms with Crippen molar-refractivity contribution in [2.45, 2.75) is 44.6 Å². The van der Waals surface area contributed by atoms with Crippen LogP contribution < -0.4 is 10.6 Å². The Bertz CT molecular complexity index is 591. The highest BCUT2D eigenvalue weighted by atomic mass is 16.5. The molecule has 0 aromatic heterocycles. The maximum absolute atomic E-state index is 13.1. The van der Waals surface area contributed by atoms with E-state index < -0.39 is 0 Å². The number of hydrogen-bond donors (Lipinski definition) is 2. The average Bonchev–Trinajstić information content (AvgIpc) is 3.12. The van der Waals surface area contributed by atoms with Crippen molar-refractivity contribution >= 4 is 5.91 Å². The van der Waals surface area contributed by atoms with Crippen LogP contribution in [0.25, 0.3) is 0 Å². The van der Waals surface area contributed by atoms with Gasteiger partial charge in [-0.05, 0) is 43.7 Å². The molecule has 4 atom stereocenters. The van der Waals surface area contributed by atoms with Gasteiger partial charge < -0.3 is 15.4 Å². The highest BCUT2D eigenvalue weighted by Gasteiger charge is 2.49. The minimum absolute atomic E-state index is 0.108. The molecule has 1 saturated carbocycles. The smallest absolute Gasteiger partial charge is 0.227 e. The Morgan fingerprint density at radius 2 is 2.08 bits per heavy atom. The van der Waals surface area contributed by atoms with E-state index in [1.165, 1.54) is 24.8 Å². The normalized spacial score (nSPS) is 35.1. The van der Waals surface area contributed by atoms with Gasteiger partial charge >= 0.3 is 0 Å². The Labute approximate surface area is 150 Å². The lowest BCUT2D eigenvalue weighted by molar-refractivity contribution is -0.134. The van der Waals surface area contributed by atoms with Crippen molar-refractivity contribution in [2.75, 3.05) is 26.2 Å². The van der Waals surface area contributed by atoms with Crippen LogP contribution in [-0.2, 0) is 9.53 Å². The fraction of sp³-hybridized carbons (Fsp3) is 0.667. The summed E-state index contributed by atoms with van der Waals surface area (Å²) in [6.45, 7) is 3.41. The number of amides is 1. The van der Waals surface area contributed by atoms with Crippen LogP contribution in [0.15, 0.2) is 30.3 Å². The van der Waals surface area contributed by atoms with Crippen LogP contribution in [0.3, 0.4) is 0 Å². The maximum atomic E-state index is 13.1. The lowest BCUT2D eigenvalue weighted by Gasteiger charge is -2.38. The van der Waals surface area contributed by atoms with E-state index >= 15 is 0 Å². The quantitative estimate of drug-likeness (QED) is 0.884. The number of nitrogens with one attached hydrogen (secondary N) is 2. The van der Waals surface area contributed by atoms with E-state index in [4.69, 9.17) is 4.74 Å². The molecular formula is C21H30N2O2. The average molecular weight is 342 g/mol. The van der Waals surface area contributed by atoms with Gasteiger partial charge in [-0.3, -0.25) is 4.79 Å². The number of carbonyl (C=O) groups is 1. The maximum Gasteiger partial charge on any atom is 0.227 e. The first-order valence-electron chi connectivity index (χ1n) is 9.95. The van der Waals surface area contributed by atoms with Crippen molar-refractivity contribution in [3.05, 3.63) is 35.9 Å². The molecule has 1 aromatic carbocycles. The second kappa shape index (κ2) is 7.46. The molecule has 2 saturated heterocycles. The van der Waals surface area contributed by atoms with Gasteiger partial charge in [0, 0.05) is 25.6 Å². The molecule has 1 aromatic rings. The lowest BCUT2D eigenvalue weighted by atomic mass is 9.67. The van der Waals surface area contributed by atoms with E-state index in [2.05, 4.69) is 34.9 Å². The molecular weight excluding hydrogens is 312 g/mol. The molecule has 0 bridgehead atoms. The van der Waals surface area contributed by atoms with Gasteiger partial charge in [-0.15, -0.1) is 0 Å². The second-order valence-corrected chi connectivity index (χ2v) is 8.04. The molecule has 0 spiro atoms. The molecule has 2 N–H and O–H groups in total. The first kappa shape index (κ1) is 17.0. The van der Waals surface area contributed by atoms with Gasteiger partial charge in [-0.25, -0.2) is 0 Å². The molecule has 3 aliphatic rings. The molecule has 4 rings (SSSR count). The molecule has 4 nitrogen and oxygen atoms in total. The lowest BCUT2D eigenvalue weighted by Crippen LogP contribution is -2.49. The molecule has 1 amide bonds. The standard InChI is InChI=1S/C21H30N2O2/c24-20(21-11-5-4-10-18(21)14-22-15-21)23-13-17-9-6-12-25-19(17)16-7-2-1-3-8-16/h1-3,7-8,17-19,22H,4-6,9-15H2,(H,23,24)/t17?,18-,19?,21+/m0/s1. The molecule has 2 heterocycles. The summed E-state index contributed by atoms with van der Waals surface area (Å²) < 4.78 is 6.08. The monoisotopic (exact) mass is 342 g/mol. The van der Waals surface area contributed by atoms with Crippen molar-refractivity contribution in [2.24, 2.45) is 17.3 Å². The molecule has 4 heteroatoms. The summed E-state index contributed by atoms with van der Waals surface area (Å²) in [5, 5.41) is 6.80. The fourth-order valence-electron chi connectivity index (χ4n) is 5.15. The van der Waals surface area contributed by atoms with Gasteiger partial charge in [-0.2, -0.15) is 0 Å². The van der Waals surface area contributed by atoms with Gasteiger partial charge in [0.25, 0.3) is 0 Å². The third-order valence-electron chi connectivity index (χ3n) is 6.59. The van der Waals surface area contributed by atoms with Crippen molar-refractivity contribution in [3.8, 4) is 0 Å². The summed E-state index contributed by atoms with van der Waals surface area (Å²) in [6.07, 6.45) is 7.00. The largest absolute Gasteiger partial charge is 0.373 e. The van der Waals surface area contributed by atoms with Gasteiger partial charge in [-0.1, -0.05) is 43.2 Å². The van der Waals surface area contributed by atoms with Crippen molar-refractivity contribution in [1.82, 2.24) is 10.6 Å². The zero-order valence-corrected chi connectivity index (χ0v) is 15.0. The van der Waals surface area contributed by atoms with Gasteiger partial charge in [0.05, 0.1) is 11.5 Å². The first-order chi connectivity index (χ1) is 12.3. The number of fused-ring (bicyclic) bond motifs is 1. The molecule has 2 unspecified atom stereocenters. The summed E-state index contributed by atoms with van der Waals surface area (Å²) >= 11 is 0. The molecule has 2 aliphatic heterocycles. The number of rotatable bonds is 4. The predicted octanol–water partition coefficient (Wildman–Crippen LogP) is 3.05. The summed E-state index contributed by atoms with van der Waals surface area (Å²) in [6, 6.07) is 10.5. The summed E-state index contributed by atoms with van der Waals surface area (Å²) in [5.74, 6) is 1.17. The van der Waals surface area contributed by atoms with Crippen LogP contribution in [0.1, 0.15) is 50.2 Å². The van der Waals surface area contributed by atoms with E-state index in [9.17, 15) is 4.79 Å². The highest BCUT2D eigenvalue weighted by Crippen LogP contribution is 2.44. The highest BCUT2D eigenvalue weighted by molar-refractivity contribution is 5.83. The van der Waals surface area contributed by atoms with E-state index in [0.29, 0.717) is 11.8 Å². The second-order valence-electron chi connectivity index (χ2n) is 8.04. The van der Waals surface area contributed by atoms with Crippen molar-refractivity contribution < 1.29 is 9.53 Å². The number of ether oxygens (including phenoxy) is 1. The Morgan fingerprint density at radius 3 is 2.96 bits per heavy atom. The summed E-state index contributed by atoms with van der Waals surface area (Å²) in [4.78, 5) is 13.1. The van der Waals surface area contributed by atoms with Crippen LogP contribution in [-0.4, -0.2) is 32.1 Å². The van der Waals surface area contributed by atoms with Crippen LogP contribution in [0.4, 0.5) is 0 Å². The molecule has 3 fully saturated rings. The Hall–Kier alpha value is -1.39. The zero-order valence-electron chi connectivity index (χ0n) is 15.0. The zero-order chi connectivity index (χ0) is 17.1. The number of benzene rings is 1. The number of carbonyl (C=O) groups excluding carboxylic acids is 1. The molecule has 0 radical (unpaired) electrons. The van der Waals surface area contributed by atoms with E-state index in [1.807, 2.05) is 6.07 Å². The van der Waals surface area contributed by atoms with Crippen LogP contribution in [0.2, 0.25) is 0 Å². The minimum Gasteiger partial charge on any atom is -0.373 e.